The molecular weight excluding hydrogens is 240 g/mol. The van der Waals surface area contributed by atoms with Crippen molar-refractivity contribution in [3.63, 3.8) is 0 Å². The van der Waals surface area contributed by atoms with Crippen LogP contribution >= 0.6 is 0 Å². The average Bonchev–Trinajstić information content (AvgIpc) is 2.78. The zero-order chi connectivity index (χ0) is 14.5. The van der Waals surface area contributed by atoms with Crippen molar-refractivity contribution in [3.05, 3.63) is 11.6 Å². The second-order valence-electron chi connectivity index (χ2n) is 5.64. The Morgan fingerprint density at radius 2 is 2.00 bits per heavy atom. The summed E-state index contributed by atoms with van der Waals surface area (Å²) in [5.41, 5.74) is -0.266. The summed E-state index contributed by atoms with van der Waals surface area (Å²) in [6, 6.07) is 0.352. The Hall–Kier alpha value is -0.940. The number of aromatic nitrogens is 3. The first-order valence-electron chi connectivity index (χ1n) is 7.25. The Morgan fingerprint density at radius 1 is 1.32 bits per heavy atom. The Morgan fingerprint density at radius 3 is 2.47 bits per heavy atom. The quantitative estimate of drug-likeness (QED) is 0.751. The molecule has 5 nitrogen and oxygen atoms in total. The first-order valence-corrected chi connectivity index (χ1v) is 7.25. The normalized spacial score (nSPS) is 14.9. The molecule has 0 radical (unpaired) electrons. The van der Waals surface area contributed by atoms with E-state index in [9.17, 15) is 5.11 Å². The molecular formula is C14H28N4O. The van der Waals surface area contributed by atoms with Crippen LogP contribution in [0.25, 0.3) is 0 Å². The Balaban J connectivity index is 2.71. The third kappa shape index (κ3) is 4.58. The maximum atomic E-state index is 9.58. The summed E-state index contributed by atoms with van der Waals surface area (Å²) in [7, 11) is 0. The smallest absolute Gasteiger partial charge is 0.150 e. The standard InChI is InChI=1S/C14H28N4O/c1-6-12-15-13(7-2)18(17-12)9-8-14(5,10-19)16-11(3)4/h11,16,19H,6-10H2,1-5H3. The highest BCUT2D eigenvalue weighted by Crippen LogP contribution is 2.13. The molecule has 0 aliphatic carbocycles. The number of nitrogens with zero attached hydrogens (tertiary/aromatic N) is 3. The minimum atomic E-state index is -0.266. The largest absolute Gasteiger partial charge is 0.394 e. The molecule has 5 heteroatoms. The van der Waals surface area contributed by atoms with E-state index in [4.69, 9.17) is 0 Å². The van der Waals surface area contributed by atoms with Gasteiger partial charge >= 0.3 is 0 Å². The zero-order valence-electron chi connectivity index (χ0n) is 12.9. The zero-order valence-corrected chi connectivity index (χ0v) is 12.9. The van der Waals surface area contributed by atoms with E-state index in [0.717, 1.165) is 37.5 Å². The lowest BCUT2D eigenvalue weighted by Crippen LogP contribution is -2.49. The van der Waals surface area contributed by atoms with Gasteiger partial charge in [-0.25, -0.2) is 9.67 Å². The molecule has 110 valence electrons. The summed E-state index contributed by atoms with van der Waals surface area (Å²) < 4.78 is 1.98. The van der Waals surface area contributed by atoms with E-state index >= 15 is 0 Å². The van der Waals surface area contributed by atoms with Crippen molar-refractivity contribution in [3.8, 4) is 0 Å². The number of aliphatic hydroxyl groups is 1. The number of nitrogens with one attached hydrogen (secondary N) is 1. The van der Waals surface area contributed by atoms with E-state index in [0.29, 0.717) is 6.04 Å². The first kappa shape index (κ1) is 16.1. The molecule has 0 fully saturated rings. The van der Waals surface area contributed by atoms with Gasteiger partial charge in [0.15, 0.2) is 5.82 Å². The molecule has 1 heterocycles. The molecule has 0 aromatic carbocycles. The van der Waals surface area contributed by atoms with Crippen molar-refractivity contribution < 1.29 is 5.11 Å². The SMILES string of the molecule is CCc1nc(CC)n(CCC(C)(CO)NC(C)C)n1. The maximum absolute atomic E-state index is 9.58. The van der Waals surface area contributed by atoms with Crippen molar-refractivity contribution in [2.24, 2.45) is 0 Å². The van der Waals surface area contributed by atoms with Gasteiger partial charge in [-0.3, -0.25) is 0 Å². The van der Waals surface area contributed by atoms with Crippen molar-refractivity contribution >= 4 is 0 Å². The van der Waals surface area contributed by atoms with E-state index in [2.05, 4.69) is 50.0 Å². The summed E-state index contributed by atoms with van der Waals surface area (Å²) in [5, 5.41) is 17.5. The van der Waals surface area contributed by atoms with Gasteiger partial charge in [0, 0.05) is 31.0 Å². The average molecular weight is 268 g/mol. The molecule has 1 aromatic heterocycles. The van der Waals surface area contributed by atoms with Crippen LogP contribution in [0, 0.1) is 0 Å². The van der Waals surface area contributed by atoms with E-state index in [1.54, 1.807) is 0 Å². The molecule has 1 atom stereocenters. The highest BCUT2D eigenvalue weighted by atomic mass is 16.3. The number of aryl methyl sites for hydroxylation is 3. The maximum Gasteiger partial charge on any atom is 0.150 e. The Kier molecular flexibility index (Phi) is 5.94. The van der Waals surface area contributed by atoms with E-state index in [1.165, 1.54) is 0 Å². The molecule has 0 bridgehead atoms. The fraction of sp³-hybridized carbons (Fsp3) is 0.857. The van der Waals surface area contributed by atoms with Gasteiger partial charge in [-0.05, 0) is 13.3 Å². The molecule has 0 aliphatic heterocycles. The molecule has 0 aliphatic rings. The van der Waals surface area contributed by atoms with Crippen LogP contribution in [0.3, 0.4) is 0 Å². The lowest BCUT2D eigenvalue weighted by atomic mass is 9.98. The molecule has 0 saturated carbocycles. The highest BCUT2D eigenvalue weighted by Gasteiger charge is 2.24. The van der Waals surface area contributed by atoms with Crippen molar-refractivity contribution in [2.75, 3.05) is 6.61 Å². The lowest BCUT2D eigenvalue weighted by Gasteiger charge is -2.31. The molecule has 19 heavy (non-hydrogen) atoms. The van der Waals surface area contributed by atoms with Crippen LogP contribution in [0.2, 0.25) is 0 Å². The molecule has 1 unspecified atom stereocenters. The number of rotatable bonds is 8. The van der Waals surface area contributed by atoms with Gasteiger partial charge in [0.1, 0.15) is 5.82 Å². The van der Waals surface area contributed by atoms with Crippen LogP contribution < -0.4 is 5.32 Å². The van der Waals surface area contributed by atoms with Crippen LogP contribution in [0.5, 0.6) is 0 Å². The molecule has 2 N–H and O–H groups in total. The number of aliphatic hydroxyl groups excluding tert-OH is 1. The summed E-state index contributed by atoms with van der Waals surface area (Å²) in [6.45, 7) is 11.3. The molecule has 1 aromatic rings. The Bertz CT molecular complexity index is 389. The van der Waals surface area contributed by atoms with Crippen molar-refractivity contribution in [1.82, 2.24) is 20.1 Å². The predicted molar refractivity (Wildman–Crippen MR) is 77.2 cm³/mol. The van der Waals surface area contributed by atoms with Gasteiger partial charge in [-0.1, -0.05) is 27.7 Å². The third-order valence-electron chi connectivity index (χ3n) is 3.29. The Labute approximate surface area is 116 Å². The van der Waals surface area contributed by atoms with Crippen LogP contribution in [-0.2, 0) is 19.4 Å². The van der Waals surface area contributed by atoms with Crippen LogP contribution in [0.4, 0.5) is 0 Å². The van der Waals surface area contributed by atoms with Gasteiger partial charge in [0.25, 0.3) is 0 Å². The van der Waals surface area contributed by atoms with E-state index < -0.39 is 0 Å². The molecule has 0 spiro atoms. The fourth-order valence-electron chi connectivity index (χ4n) is 2.26. The minimum Gasteiger partial charge on any atom is -0.394 e. The predicted octanol–water partition coefficient (Wildman–Crippen LogP) is 1.54. The van der Waals surface area contributed by atoms with Gasteiger partial charge in [-0.15, -0.1) is 0 Å². The van der Waals surface area contributed by atoms with Gasteiger partial charge < -0.3 is 10.4 Å². The summed E-state index contributed by atoms with van der Waals surface area (Å²) >= 11 is 0. The van der Waals surface area contributed by atoms with Crippen LogP contribution in [0.15, 0.2) is 0 Å². The molecule has 0 saturated heterocycles. The summed E-state index contributed by atoms with van der Waals surface area (Å²) in [5.74, 6) is 1.93. The van der Waals surface area contributed by atoms with Crippen LogP contribution in [-0.4, -0.2) is 38.1 Å². The molecule has 0 amide bonds. The second-order valence-corrected chi connectivity index (χ2v) is 5.64. The van der Waals surface area contributed by atoms with Crippen molar-refractivity contribution in [2.45, 2.75) is 72.0 Å². The fourth-order valence-corrected chi connectivity index (χ4v) is 2.26. The second kappa shape index (κ2) is 7.01. The lowest BCUT2D eigenvalue weighted by molar-refractivity contribution is 0.150. The monoisotopic (exact) mass is 268 g/mol. The van der Waals surface area contributed by atoms with E-state index in [-0.39, 0.29) is 12.1 Å². The third-order valence-corrected chi connectivity index (χ3v) is 3.29. The van der Waals surface area contributed by atoms with Gasteiger partial charge in [0.05, 0.1) is 6.61 Å². The van der Waals surface area contributed by atoms with Crippen LogP contribution in [0.1, 0.15) is 52.7 Å². The van der Waals surface area contributed by atoms with Gasteiger partial charge in [-0.2, -0.15) is 5.10 Å². The summed E-state index contributed by atoms with van der Waals surface area (Å²) in [6.07, 6.45) is 2.59. The number of hydrogen-bond donors (Lipinski definition) is 2. The highest BCUT2D eigenvalue weighted by molar-refractivity contribution is 4.93. The first-order chi connectivity index (χ1) is 8.94. The minimum absolute atomic E-state index is 0.127. The molecule has 1 rings (SSSR count). The van der Waals surface area contributed by atoms with E-state index in [1.807, 2.05) is 4.68 Å². The summed E-state index contributed by atoms with van der Waals surface area (Å²) in [4.78, 5) is 4.50. The number of hydrogen-bond acceptors (Lipinski definition) is 4. The van der Waals surface area contributed by atoms with Crippen molar-refractivity contribution in [1.29, 1.82) is 0 Å². The van der Waals surface area contributed by atoms with Gasteiger partial charge in [0.2, 0.25) is 0 Å². The topological polar surface area (TPSA) is 63.0 Å².